The Labute approximate surface area is 164 Å². The van der Waals surface area contributed by atoms with E-state index in [9.17, 15) is 4.79 Å². The van der Waals surface area contributed by atoms with Crippen molar-refractivity contribution in [1.82, 2.24) is 20.0 Å². The van der Waals surface area contributed by atoms with Gasteiger partial charge in [-0.25, -0.2) is 4.68 Å². The van der Waals surface area contributed by atoms with Gasteiger partial charge in [-0.1, -0.05) is 42.5 Å². The van der Waals surface area contributed by atoms with E-state index in [-0.39, 0.29) is 5.91 Å². The summed E-state index contributed by atoms with van der Waals surface area (Å²) in [4.78, 5) is 13.9. The number of hydrogen-bond acceptors (Lipinski definition) is 6. The number of carbonyl (C=O) groups is 1. The van der Waals surface area contributed by atoms with E-state index in [2.05, 4.69) is 27.5 Å². The number of benzene rings is 1. The van der Waals surface area contributed by atoms with Crippen LogP contribution in [-0.2, 0) is 6.42 Å². The monoisotopic (exact) mass is 395 g/mol. The second-order valence-corrected chi connectivity index (χ2v) is 7.86. The van der Waals surface area contributed by atoms with E-state index in [1.165, 1.54) is 11.3 Å². The highest BCUT2D eigenvalue weighted by Gasteiger charge is 2.20. The SMILES string of the molecule is CCCc1nnc(NC(=O)c2cn(-c3ccccc3)nc2-c2cccs2)s1. The van der Waals surface area contributed by atoms with Crippen LogP contribution in [0.2, 0.25) is 0 Å². The predicted octanol–water partition coefficient (Wildman–Crippen LogP) is 4.66. The fourth-order valence-corrected chi connectivity index (χ4v) is 4.19. The summed E-state index contributed by atoms with van der Waals surface area (Å²) in [7, 11) is 0. The van der Waals surface area contributed by atoms with E-state index >= 15 is 0 Å². The zero-order valence-electron chi connectivity index (χ0n) is 14.6. The summed E-state index contributed by atoms with van der Waals surface area (Å²) in [5.41, 5.74) is 2.06. The average Bonchev–Trinajstić information content (AvgIpc) is 3.43. The van der Waals surface area contributed by atoms with Crippen molar-refractivity contribution in [1.29, 1.82) is 0 Å². The molecule has 8 heteroatoms. The molecule has 0 atom stereocenters. The van der Waals surface area contributed by atoms with Crippen molar-refractivity contribution in [3.05, 3.63) is 64.6 Å². The van der Waals surface area contributed by atoms with Crippen LogP contribution in [0.4, 0.5) is 5.13 Å². The Morgan fingerprint density at radius 3 is 2.74 bits per heavy atom. The first-order valence-electron chi connectivity index (χ1n) is 8.57. The highest BCUT2D eigenvalue weighted by atomic mass is 32.1. The van der Waals surface area contributed by atoms with Gasteiger partial charge in [0.2, 0.25) is 5.13 Å². The lowest BCUT2D eigenvalue weighted by Gasteiger charge is -2.00. The molecule has 3 heterocycles. The van der Waals surface area contributed by atoms with Crippen molar-refractivity contribution >= 4 is 33.7 Å². The van der Waals surface area contributed by atoms with E-state index in [0.29, 0.717) is 16.4 Å². The zero-order valence-corrected chi connectivity index (χ0v) is 16.3. The van der Waals surface area contributed by atoms with Crippen LogP contribution in [-0.4, -0.2) is 25.9 Å². The summed E-state index contributed by atoms with van der Waals surface area (Å²) in [6.45, 7) is 2.09. The Hall–Kier alpha value is -2.84. The predicted molar refractivity (Wildman–Crippen MR) is 109 cm³/mol. The number of aryl methyl sites for hydroxylation is 1. The number of hydrogen-bond donors (Lipinski definition) is 1. The number of carbonyl (C=O) groups excluding carboxylic acids is 1. The average molecular weight is 396 g/mol. The van der Waals surface area contributed by atoms with E-state index in [4.69, 9.17) is 0 Å². The van der Waals surface area contributed by atoms with Crippen molar-refractivity contribution in [2.45, 2.75) is 19.8 Å². The fourth-order valence-electron chi connectivity index (χ4n) is 2.63. The van der Waals surface area contributed by atoms with Gasteiger partial charge in [-0.15, -0.1) is 21.5 Å². The number of thiophene rings is 1. The fraction of sp³-hybridized carbons (Fsp3) is 0.158. The molecule has 3 aromatic heterocycles. The molecule has 1 amide bonds. The lowest BCUT2D eigenvalue weighted by atomic mass is 10.2. The van der Waals surface area contributed by atoms with Crippen molar-refractivity contribution < 1.29 is 4.79 Å². The Morgan fingerprint density at radius 2 is 2.00 bits per heavy atom. The highest BCUT2D eigenvalue weighted by molar-refractivity contribution is 7.15. The van der Waals surface area contributed by atoms with Crippen molar-refractivity contribution in [2.24, 2.45) is 0 Å². The maximum absolute atomic E-state index is 12.9. The van der Waals surface area contributed by atoms with Crippen LogP contribution >= 0.6 is 22.7 Å². The van der Waals surface area contributed by atoms with Crippen LogP contribution in [0.1, 0.15) is 28.7 Å². The van der Waals surface area contributed by atoms with Crippen LogP contribution in [0.25, 0.3) is 16.3 Å². The van der Waals surface area contributed by atoms with Gasteiger partial charge in [0.25, 0.3) is 5.91 Å². The first kappa shape index (κ1) is 17.6. The largest absolute Gasteiger partial charge is 0.296 e. The second kappa shape index (κ2) is 7.81. The normalized spacial score (nSPS) is 10.9. The summed E-state index contributed by atoms with van der Waals surface area (Å²) in [5, 5.41) is 19.1. The maximum Gasteiger partial charge on any atom is 0.261 e. The van der Waals surface area contributed by atoms with E-state index < -0.39 is 0 Å². The van der Waals surface area contributed by atoms with Gasteiger partial charge in [0, 0.05) is 12.6 Å². The molecular formula is C19H17N5OS2. The van der Waals surface area contributed by atoms with E-state index in [1.54, 1.807) is 22.2 Å². The number of amides is 1. The van der Waals surface area contributed by atoms with Crippen LogP contribution in [0.15, 0.2) is 54.0 Å². The zero-order chi connectivity index (χ0) is 18.6. The third-order valence-electron chi connectivity index (χ3n) is 3.89. The number of rotatable bonds is 6. The molecule has 0 saturated heterocycles. The molecule has 0 spiro atoms. The Balaban J connectivity index is 1.67. The number of aromatic nitrogens is 4. The summed E-state index contributed by atoms with van der Waals surface area (Å²) in [5.74, 6) is -0.236. The van der Waals surface area contributed by atoms with Gasteiger partial charge in [0.05, 0.1) is 16.1 Å². The van der Waals surface area contributed by atoms with Crippen molar-refractivity contribution in [3.8, 4) is 16.3 Å². The molecule has 0 radical (unpaired) electrons. The second-order valence-electron chi connectivity index (χ2n) is 5.85. The minimum absolute atomic E-state index is 0.236. The van der Waals surface area contributed by atoms with Crippen LogP contribution in [0, 0.1) is 0 Å². The first-order chi connectivity index (χ1) is 13.2. The van der Waals surface area contributed by atoms with Gasteiger partial charge in [-0.3, -0.25) is 10.1 Å². The molecule has 0 bridgehead atoms. The molecule has 136 valence electrons. The third kappa shape index (κ3) is 3.81. The van der Waals surface area contributed by atoms with Crippen molar-refractivity contribution in [3.63, 3.8) is 0 Å². The van der Waals surface area contributed by atoms with Gasteiger partial charge in [0.15, 0.2) is 0 Å². The van der Waals surface area contributed by atoms with Crippen LogP contribution in [0.3, 0.4) is 0 Å². The number of nitrogens with zero attached hydrogens (tertiary/aromatic N) is 4. The maximum atomic E-state index is 12.9. The number of anilines is 1. The summed E-state index contributed by atoms with van der Waals surface area (Å²) >= 11 is 2.96. The van der Waals surface area contributed by atoms with Gasteiger partial charge < -0.3 is 0 Å². The molecule has 0 unspecified atom stereocenters. The Morgan fingerprint density at radius 1 is 1.15 bits per heavy atom. The van der Waals surface area contributed by atoms with Gasteiger partial charge in [-0.2, -0.15) is 5.10 Å². The quantitative estimate of drug-likeness (QED) is 0.515. The summed E-state index contributed by atoms with van der Waals surface area (Å²) < 4.78 is 1.73. The van der Waals surface area contributed by atoms with E-state index in [0.717, 1.165) is 28.4 Å². The molecule has 6 nitrogen and oxygen atoms in total. The molecule has 4 rings (SSSR count). The number of para-hydroxylation sites is 1. The molecule has 1 aromatic carbocycles. The minimum Gasteiger partial charge on any atom is -0.296 e. The molecule has 27 heavy (non-hydrogen) atoms. The van der Waals surface area contributed by atoms with Crippen LogP contribution < -0.4 is 5.32 Å². The summed E-state index contributed by atoms with van der Waals surface area (Å²) in [6, 6.07) is 13.7. The summed E-state index contributed by atoms with van der Waals surface area (Å²) in [6.07, 6.45) is 3.61. The molecular weight excluding hydrogens is 378 g/mol. The smallest absolute Gasteiger partial charge is 0.261 e. The van der Waals surface area contributed by atoms with Gasteiger partial charge in [0.1, 0.15) is 10.7 Å². The minimum atomic E-state index is -0.236. The standard InChI is InChI=1S/C19H17N5OS2/c1-2-7-16-21-22-19(27-16)20-18(25)14-12-24(13-8-4-3-5-9-13)23-17(14)15-10-6-11-26-15/h3-6,8-12H,2,7H2,1H3,(H,20,22,25). The lowest BCUT2D eigenvalue weighted by Crippen LogP contribution is -2.12. The molecule has 0 fully saturated rings. The third-order valence-corrected chi connectivity index (χ3v) is 5.66. The van der Waals surface area contributed by atoms with Gasteiger partial charge >= 0.3 is 0 Å². The Bertz CT molecular complexity index is 1040. The lowest BCUT2D eigenvalue weighted by molar-refractivity contribution is 0.102. The Kier molecular flexibility index (Phi) is 5.08. The van der Waals surface area contributed by atoms with E-state index in [1.807, 2.05) is 47.8 Å². The molecule has 0 aliphatic carbocycles. The molecule has 0 aliphatic rings. The van der Waals surface area contributed by atoms with Crippen LogP contribution in [0.5, 0.6) is 0 Å². The van der Waals surface area contributed by atoms with Gasteiger partial charge in [-0.05, 0) is 30.0 Å². The highest BCUT2D eigenvalue weighted by Crippen LogP contribution is 2.28. The number of nitrogens with one attached hydrogen (secondary N) is 1. The molecule has 1 N–H and O–H groups in total. The topological polar surface area (TPSA) is 72.7 Å². The molecule has 0 aliphatic heterocycles. The molecule has 0 saturated carbocycles. The first-order valence-corrected chi connectivity index (χ1v) is 10.3. The van der Waals surface area contributed by atoms with Crippen molar-refractivity contribution in [2.75, 3.05) is 5.32 Å². The molecule has 4 aromatic rings.